The second-order valence-electron chi connectivity index (χ2n) is 3.65. The number of alkyl halides is 2. The quantitative estimate of drug-likeness (QED) is 0.861. The number of fused-ring (bicyclic) bond motifs is 2. The highest BCUT2D eigenvalue weighted by Gasteiger charge is 2.43. The van der Waals surface area contributed by atoms with Crippen LogP contribution in [0, 0.1) is 0 Å². The molecule has 0 fully saturated rings. The summed E-state index contributed by atoms with van der Waals surface area (Å²) in [5.41, 5.74) is 0.435. The largest absolute Gasteiger partial charge is 0.586 e. The van der Waals surface area contributed by atoms with E-state index in [1.807, 2.05) is 0 Å². The highest BCUT2D eigenvalue weighted by atomic mass is 32.1. The van der Waals surface area contributed by atoms with Crippen LogP contribution in [-0.4, -0.2) is 17.2 Å². The van der Waals surface area contributed by atoms with E-state index in [4.69, 9.17) is 0 Å². The number of thiazole rings is 1. The maximum atomic E-state index is 12.9. The molecule has 1 amide bonds. The molecule has 1 aliphatic heterocycles. The summed E-state index contributed by atoms with van der Waals surface area (Å²) in [6, 6.07) is 2.73. The summed E-state index contributed by atoms with van der Waals surface area (Å²) in [6.07, 6.45) is -2.54. The van der Waals surface area contributed by atoms with Gasteiger partial charge in [-0.15, -0.1) is 8.78 Å². The summed E-state index contributed by atoms with van der Waals surface area (Å²) in [5, 5.41) is 2.84. The Morgan fingerprint density at radius 2 is 2.11 bits per heavy atom. The average Bonchev–Trinajstić information content (AvgIpc) is 2.82. The van der Waals surface area contributed by atoms with Gasteiger partial charge in [0.2, 0.25) is 5.91 Å². The minimum atomic E-state index is -3.65. The summed E-state index contributed by atoms with van der Waals surface area (Å²) in [6.45, 7) is 3.32. The molecule has 0 bridgehead atoms. The van der Waals surface area contributed by atoms with Crippen LogP contribution in [0.25, 0.3) is 10.2 Å². The van der Waals surface area contributed by atoms with Crippen molar-refractivity contribution in [3.8, 4) is 11.5 Å². The van der Waals surface area contributed by atoms with E-state index in [0.717, 1.165) is 17.4 Å². The SMILES string of the molecule is C=CC(=O)Nc1nc2cc3c(cc2s1)OC(F)(F)O3. The molecule has 0 unspecified atom stereocenters. The second kappa shape index (κ2) is 3.89. The fourth-order valence-corrected chi connectivity index (χ4v) is 2.46. The molecule has 0 aliphatic carbocycles. The molecule has 1 N–H and O–H groups in total. The molecule has 0 atom stereocenters. The third-order valence-electron chi connectivity index (χ3n) is 2.33. The number of amides is 1. The standard InChI is InChI=1S/C11H6F2N2O3S/c1-2-9(16)15-10-14-5-3-6-7(4-8(5)19-10)18-11(12,13)17-6/h2-4H,1H2,(H,14,15,16). The highest BCUT2D eigenvalue weighted by Crippen LogP contribution is 2.44. The Morgan fingerprint density at radius 3 is 2.79 bits per heavy atom. The van der Waals surface area contributed by atoms with Crippen LogP contribution in [0.4, 0.5) is 13.9 Å². The first-order chi connectivity index (χ1) is 8.97. The normalized spacial score (nSPS) is 15.5. The first kappa shape index (κ1) is 11.8. The number of rotatable bonds is 2. The number of carbonyl (C=O) groups excluding carboxylic acids is 1. The van der Waals surface area contributed by atoms with E-state index in [1.165, 1.54) is 12.1 Å². The fourth-order valence-electron chi connectivity index (χ4n) is 1.58. The zero-order chi connectivity index (χ0) is 13.6. The number of benzene rings is 1. The molecule has 0 saturated carbocycles. The lowest BCUT2D eigenvalue weighted by atomic mass is 10.3. The molecule has 98 valence electrons. The molecule has 5 nitrogen and oxygen atoms in total. The van der Waals surface area contributed by atoms with Gasteiger partial charge in [-0.1, -0.05) is 17.9 Å². The molecule has 1 aromatic heterocycles. The minimum Gasteiger partial charge on any atom is -0.395 e. The Morgan fingerprint density at radius 1 is 1.42 bits per heavy atom. The second-order valence-corrected chi connectivity index (χ2v) is 4.68. The van der Waals surface area contributed by atoms with E-state index in [0.29, 0.717) is 15.3 Å². The third-order valence-corrected chi connectivity index (χ3v) is 3.26. The van der Waals surface area contributed by atoms with Gasteiger partial charge in [0.05, 0.1) is 10.2 Å². The summed E-state index contributed by atoms with van der Waals surface area (Å²) >= 11 is 1.14. The molecule has 0 radical (unpaired) electrons. The van der Waals surface area contributed by atoms with Gasteiger partial charge in [-0.05, 0) is 6.08 Å². The van der Waals surface area contributed by atoms with Crippen molar-refractivity contribution < 1.29 is 23.0 Å². The maximum Gasteiger partial charge on any atom is 0.586 e. The van der Waals surface area contributed by atoms with Crippen LogP contribution in [-0.2, 0) is 4.79 Å². The van der Waals surface area contributed by atoms with Gasteiger partial charge >= 0.3 is 6.29 Å². The van der Waals surface area contributed by atoms with E-state index in [-0.39, 0.29) is 11.5 Å². The van der Waals surface area contributed by atoms with Crippen molar-refractivity contribution in [2.45, 2.75) is 6.29 Å². The summed E-state index contributed by atoms with van der Waals surface area (Å²) < 4.78 is 35.0. The van der Waals surface area contributed by atoms with Gasteiger partial charge in [0.25, 0.3) is 0 Å². The predicted octanol–water partition coefficient (Wildman–Crippen LogP) is 2.74. The minimum absolute atomic E-state index is 0.0530. The highest BCUT2D eigenvalue weighted by molar-refractivity contribution is 7.22. The number of nitrogens with zero attached hydrogens (tertiary/aromatic N) is 1. The van der Waals surface area contributed by atoms with Crippen LogP contribution >= 0.6 is 11.3 Å². The molecule has 1 aromatic carbocycles. The Bertz CT molecular complexity index is 654. The van der Waals surface area contributed by atoms with E-state index in [9.17, 15) is 13.6 Å². The van der Waals surface area contributed by atoms with E-state index >= 15 is 0 Å². The van der Waals surface area contributed by atoms with E-state index in [2.05, 4.69) is 26.4 Å². The van der Waals surface area contributed by atoms with Crippen LogP contribution in [0.3, 0.4) is 0 Å². The smallest absolute Gasteiger partial charge is 0.395 e. The van der Waals surface area contributed by atoms with Gasteiger partial charge in [0, 0.05) is 12.1 Å². The molecule has 3 rings (SSSR count). The lowest BCUT2D eigenvalue weighted by molar-refractivity contribution is -0.286. The first-order valence-electron chi connectivity index (χ1n) is 5.11. The number of hydrogen-bond acceptors (Lipinski definition) is 5. The molecular weight excluding hydrogens is 278 g/mol. The Kier molecular flexibility index (Phi) is 2.42. The van der Waals surface area contributed by atoms with Crippen molar-refractivity contribution in [3.05, 3.63) is 24.8 Å². The molecule has 19 heavy (non-hydrogen) atoms. The van der Waals surface area contributed by atoms with Crippen molar-refractivity contribution >= 4 is 32.6 Å². The van der Waals surface area contributed by atoms with E-state index < -0.39 is 12.2 Å². The third kappa shape index (κ3) is 2.10. The number of anilines is 1. The Balaban J connectivity index is 1.99. The summed E-state index contributed by atoms with van der Waals surface area (Å²) in [4.78, 5) is 15.2. The zero-order valence-corrected chi connectivity index (χ0v) is 10.1. The van der Waals surface area contributed by atoms with Crippen molar-refractivity contribution in [2.75, 3.05) is 5.32 Å². The number of ether oxygens (including phenoxy) is 2. The average molecular weight is 284 g/mol. The number of hydrogen-bond donors (Lipinski definition) is 1. The molecule has 8 heteroatoms. The van der Waals surface area contributed by atoms with Gasteiger partial charge in [-0.25, -0.2) is 4.98 Å². The van der Waals surface area contributed by atoms with Crippen LogP contribution in [0.1, 0.15) is 0 Å². The summed E-state index contributed by atoms with van der Waals surface area (Å²) in [7, 11) is 0. The van der Waals surface area contributed by atoms with Crippen molar-refractivity contribution in [1.29, 1.82) is 0 Å². The fraction of sp³-hybridized carbons (Fsp3) is 0.0909. The number of carbonyl (C=O) groups is 1. The van der Waals surface area contributed by atoms with E-state index in [1.54, 1.807) is 0 Å². The predicted molar refractivity (Wildman–Crippen MR) is 64.6 cm³/mol. The van der Waals surface area contributed by atoms with Crippen molar-refractivity contribution in [1.82, 2.24) is 4.98 Å². The zero-order valence-electron chi connectivity index (χ0n) is 9.28. The molecule has 2 heterocycles. The van der Waals surface area contributed by atoms with Gasteiger partial charge in [-0.2, -0.15) is 0 Å². The topological polar surface area (TPSA) is 60.5 Å². The van der Waals surface area contributed by atoms with Gasteiger partial charge < -0.3 is 9.47 Å². The lowest BCUT2D eigenvalue weighted by Gasteiger charge is -2.04. The molecule has 2 aromatic rings. The van der Waals surface area contributed by atoms with Crippen LogP contribution in [0.15, 0.2) is 24.8 Å². The maximum absolute atomic E-state index is 12.9. The number of halogens is 2. The Labute approximate surface area is 109 Å². The molecule has 0 saturated heterocycles. The summed E-state index contributed by atoms with van der Waals surface area (Å²) in [5.74, 6) is -0.530. The van der Waals surface area contributed by atoms with Crippen LogP contribution < -0.4 is 14.8 Å². The molecule has 1 aliphatic rings. The molecular formula is C11H6F2N2O3S. The van der Waals surface area contributed by atoms with Crippen molar-refractivity contribution in [2.24, 2.45) is 0 Å². The van der Waals surface area contributed by atoms with Gasteiger partial charge in [0.1, 0.15) is 0 Å². The van der Waals surface area contributed by atoms with Gasteiger partial charge in [-0.3, -0.25) is 10.1 Å². The molecule has 0 spiro atoms. The van der Waals surface area contributed by atoms with Crippen molar-refractivity contribution in [3.63, 3.8) is 0 Å². The number of nitrogens with one attached hydrogen (secondary N) is 1. The van der Waals surface area contributed by atoms with Crippen LogP contribution in [0.2, 0.25) is 0 Å². The number of aromatic nitrogens is 1. The lowest BCUT2D eigenvalue weighted by Crippen LogP contribution is -2.25. The first-order valence-corrected chi connectivity index (χ1v) is 5.92. The monoisotopic (exact) mass is 284 g/mol. The Hall–Kier alpha value is -2.22. The van der Waals surface area contributed by atoms with Gasteiger partial charge in [0.15, 0.2) is 16.6 Å². The van der Waals surface area contributed by atoms with Crippen LogP contribution in [0.5, 0.6) is 11.5 Å².